The van der Waals surface area contributed by atoms with Crippen molar-refractivity contribution in [2.75, 3.05) is 22.6 Å². The fraction of sp³-hybridized carbons (Fsp3) is 0.400. The smallest absolute Gasteiger partial charge is 0.152 e. The maximum Gasteiger partial charge on any atom is 0.152 e. The molecule has 6 nitrogen and oxygen atoms in total. The molecule has 0 aliphatic carbocycles. The Kier molecular flexibility index (Phi) is 3.60. The van der Waals surface area contributed by atoms with Gasteiger partial charge in [-0.15, -0.1) is 0 Å². The number of anilines is 2. The van der Waals surface area contributed by atoms with E-state index in [0.29, 0.717) is 12.1 Å². The molecule has 0 saturated carbocycles. The molecule has 3 rings (SSSR count). The summed E-state index contributed by atoms with van der Waals surface area (Å²) in [6.07, 6.45) is 0.618. The molecule has 0 bridgehead atoms. The lowest BCUT2D eigenvalue weighted by Gasteiger charge is -2.15. The van der Waals surface area contributed by atoms with E-state index in [1.165, 1.54) is 0 Å². The molecule has 1 unspecified atom stereocenters. The quantitative estimate of drug-likeness (QED) is 0.840. The fourth-order valence-corrected chi connectivity index (χ4v) is 4.55. The van der Waals surface area contributed by atoms with Crippen LogP contribution < -0.4 is 11.1 Å². The third-order valence-corrected chi connectivity index (χ3v) is 5.73. The normalized spacial score (nSPS) is 20.2. The first-order valence-electron chi connectivity index (χ1n) is 7.15. The monoisotopic (exact) mass is 321 g/mol. The third-order valence-electron chi connectivity index (χ3n) is 3.97. The van der Waals surface area contributed by atoms with Crippen molar-refractivity contribution in [3.8, 4) is 11.1 Å². The Labute approximate surface area is 129 Å². The Morgan fingerprint density at radius 3 is 2.68 bits per heavy atom. The van der Waals surface area contributed by atoms with E-state index in [2.05, 4.69) is 10.5 Å². The summed E-state index contributed by atoms with van der Waals surface area (Å²) >= 11 is 0. The molecule has 118 valence electrons. The first kappa shape index (κ1) is 14.9. The molecule has 3 N–H and O–H groups in total. The largest absolute Gasteiger partial charge is 0.397 e. The lowest BCUT2D eigenvalue weighted by Crippen LogP contribution is -2.21. The molecule has 0 amide bonds. The fourth-order valence-electron chi connectivity index (χ4n) is 2.87. The van der Waals surface area contributed by atoms with Crippen LogP contribution in [0.1, 0.15) is 17.9 Å². The average Bonchev–Trinajstić information content (AvgIpc) is 2.95. The van der Waals surface area contributed by atoms with E-state index in [9.17, 15) is 8.42 Å². The van der Waals surface area contributed by atoms with Gasteiger partial charge < -0.3 is 15.6 Å². The van der Waals surface area contributed by atoms with Gasteiger partial charge in [0.15, 0.2) is 9.84 Å². The van der Waals surface area contributed by atoms with E-state index in [0.717, 1.165) is 28.3 Å². The number of sulfone groups is 1. The zero-order valence-electron chi connectivity index (χ0n) is 12.6. The maximum atomic E-state index is 11.5. The van der Waals surface area contributed by atoms with Gasteiger partial charge in [-0.2, -0.15) is 0 Å². The summed E-state index contributed by atoms with van der Waals surface area (Å²) < 4.78 is 28.2. The molecule has 0 radical (unpaired) electrons. The Balaban J connectivity index is 1.84. The van der Waals surface area contributed by atoms with Crippen molar-refractivity contribution < 1.29 is 12.9 Å². The first-order valence-corrected chi connectivity index (χ1v) is 8.97. The molecular weight excluding hydrogens is 302 g/mol. The highest BCUT2D eigenvalue weighted by Gasteiger charge is 2.28. The van der Waals surface area contributed by atoms with Gasteiger partial charge >= 0.3 is 0 Å². The van der Waals surface area contributed by atoms with Crippen LogP contribution in [0.25, 0.3) is 11.1 Å². The molecule has 1 fully saturated rings. The number of benzene rings is 1. The van der Waals surface area contributed by atoms with E-state index >= 15 is 0 Å². The molecule has 1 atom stereocenters. The molecule has 7 heteroatoms. The number of nitrogen functional groups attached to an aromatic ring is 1. The second-order valence-corrected chi connectivity index (χ2v) is 7.97. The van der Waals surface area contributed by atoms with Gasteiger partial charge in [-0.25, -0.2) is 8.42 Å². The Morgan fingerprint density at radius 1 is 1.36 bits per heavy atom. The van der Waals surface area contributed by atoms with Crippen molar-refractivity contribution in [2.45, 2.75) is 26.3 Å². The SMILES string of the molecule is Cc1noc(C)c1-c1ccc(NC2CCS(=O)(=O)C2)c(N)c1. The van der Waals surface area contributed by atoms with Crippen LogP contribution in [-0.2, 0) is 9.84 Å². The molecule has 1 aliphatic heterocycles. The summed E-state index contributed by atoms with van der Waals surface area (Å²) in [5, 5.41) is 7.17. The standard InChI is InChI=1S/C15H19N3O3S/c1-9-15(10(2)21-18-9)11-3-4-14(13(16)7-11)17-12-5-6-22(19,20)8-12/h3-4,7,12,17H,5-6,8,16H2,1-2H3. The molecule has 1 saturated heterocycles. The van der Waals surface area contributed by atoms with Crippen molar-refractivity contribution in [3.63, 3.8) is 0 Å². The second kappa shape index (κ2) is 5.31. The lowest BCUT2D eigenvalue weighted by molar-refractivity contribution is 0.393. The molecular formula is C15H19N3O3S. The molecule has 2 heterocycles. The van der Waals surface area contributed by atoms with Gasteiger partial charge in [0.2, 0.25) is 0 Å². The van der Waals surface area contributed by atoms with E-state index in [4.69, 9.17) is 10.3 Å². The lowest BCUT2D eigenvalue weighted by atomic mass is 10.0. The summed E-state index contributed by atoms with van der Waals surface area (Å²) in [4.78, 5) is 0. The summed E-state index contributed by atoms with van der Waals surface area (Å²) in [5.41, 5.74) is 10.2. The summed E-state index contributed by atoms with van der Waals surface area (Å²) in [5.74, 6) is 1.15. The third kappa shape index (κ3) is 2.81. The van der Waals surface area contributed by atoms with Gasteiger partial charge in [-0.1, -0.05) is 11.2 Å². The molecule has 0 spiro atoms. The van der Waals surface area contributed by atoms with Gasteiger partial charge in [-0.3, -0.25) is 0 Å². The van der Waals surface area contributed by atoms with Gasteiger partial charge in [0.05, 0.1) is 28.6 Å². The van der Waals surface area contributed by atoms with Crippen LogP contribution in [0.3, 0.4) is 0 Å². The van der Waals surface area contributed by atoms with Crippen molar-refractivity contribution in [1.29, 1.82) is 0 Å². The van der Waals surface area contributed by atoms with Crippen LogP contribution in [-0.4, -0.2) is 31.1 Å². The van der Waals surface area contributed by atoms with Gasteiger partial charge in [0.25, 0.3) is 0 Å². The molecule has 2 aromatic rings. The number of hydrogen-bond donors (Lipinski definition) is 2. The van der Waals surface area contributed by atoms with Crippen molar-refractivity contribution >= 4 is 21.2 Å². The highest BCUT2D eigenvalue weighted by molar-refractivity contribution is 7.91. The Hall–Kier alpha value is -2.02. The number of nitrogens with one attached hydrogen (secondary N) is 1. The van der Waals surface area contributed by atoms with Crippen molar-refractivity contribution in [1.82, 2.24) is 5.16 Å². The number of rotatable bonds is 3. The summed E-state index contributed by atoms with van der Waals surface area (Å²) in [6, 6.07) is 5.60. The van der Waals surface area contributed by atoms with E-state index in [1.54, 1.807) is 0 Å². The predicted octanol–water partition coefficient (Wildman–Crippen LogP) is 2.14. The minimum atomic E-state index is -2.91. The van der Waals surface area contributed by atoms with E-state index in [1.807, 2.05) is 32.0 Å². The highest BCUT2D eigenvalue weighted by Crippen LogP contribution is 2.32. The minimum absolute atomic E-state index is 0.0720. The molecule has 1 aromatic carbocycles. The van der Waals surface area contributed by atoms with Gasteiger partial charge in [0, 0.05) is 11.6 Å². The Bertz CT molecular complexity index is 792. The number of aryl methyl sites for hydroxylation is 2. The van der Waals surface area contributed by atoms with Gasteiger partial charge in [-0.05, 0) is 38.0 Å². The van der Waals surface area contributed by atoms with Crippen LogP contribution in [0.4, 0.5) is 11.4 Å². The molecule has 22 heavy (non-hydrogen) atoms. The zero-order chi connectivity index (χ0) is 15.9. The van der Waals surface area contributed by atoms with Crippen LogP contribution in [0.5, 0.6) is 0 Å². The summed E-state index contributed by atoms with van der Waals surface area (Å²) in [6.45, 7) is 3.75. The van der Waals surface area contributed by atoms with Gasteiger partial charge in [0.1, 0.15) is 5.76 Å². The number of aromatic nitrogens is 1. The highest BCUT2D eigenvalue weighted by atomic mass is 32.2. The van der Waals surface area contributed by atoms with Crippen LogP contribution in [0.15, 0.2) is 22.7 Å². The number of nitrogens with zero attached hydrogens (tertiary/aromatic N) is 1. The maximum absolute atomic E-state index is 11.5. The van der Waals surface area contributed by atoms with Crippen molar-refractivity contribution in [3.05, 3.63) is 29.7 Å². The molecule has 1 aliphatic rings. The first-order chi connectivity index (χ1) is 10.4. The Morgan fingerprint density at radius 2 is 2.14 bits per heavy atom. The predicted molar refractivity (Wildman–Crippen MR) is 86.5 cm³/mol. The van der Waals surface area contributed by atoms with Crippen molar-refractivity contribution in [2.24, 2.45) is 0 Å². The minimum Gasteiger partial charge on any atom is -0.397 e. The van der Waals surface area contributed by atoms with Crippen LogP contribution in [0, 0.1) is 13.8 Å². The topological polar surface area (TPSA) is 98.2 Å². The van der Waals surface area contributed by atoms with E-state index in [-0.39, 0.29) is 17.5 Å². The van der Waals surface area contributed by atoms with E-state index < -0.39 is 9.84 Å². The molecule has 1 aromatic heterocycles. The average molecular weight is 321 g/mol. The zero-order valence-corrected chi connectivity index (χ0v) is 13.4. The van der Waals surface area contributed by atoms with Crippen LogP contribution in [0.2, 0.25) is 0 Å². The summed E-state index contributed by atoms with van der Waals surface area (Å²) in [7, 11) is -2.91. The van der Waals surface area contributed by atoms with Crippen LogP contribution >= 0.6 is 0 Å². The second-order valence-electron chi connectivity index (χ2n) is 5.75. The number of hydrogen-bond acceptors (Lipinski definition) is 6. The number of nitrogens with two attached hydrogens (primary N) is 1.